The van der Waals surface area contributed by atoms with E-state index in [0.717, 1.165) is 21.7 Å². The minimum atomic E-state index is -0.580. The van der Waals surface area contributed by atoms with Crippen LogP contribution in [0.5, 0.6) is 0 Å². The van der Waals surface area contributed by atoms with Gasteiger partial charge in [-0.1, -0.05) is 29.5 Å². The summed E-state index contributed by atoms with van der Waals surface area (Å²) in [6.07, 6.45) is 0.128. The maximum atomic E-state index is 12.3. The van der Waals surface area contributed by atoms with Gasteiger partial charge < -0.3 is 11.1 Å². The quantitative estimate of drug-likeness (QED) is 0.638. The fraction of sp³-hybridized carbons (Fsp3) is 0.333. The fourth-order valence-electron chi connectivity index (χ4n) is 2.30. The summed E-state index contributed by atoms with van der Waals surface area (Å²) < 4.78 is 0.654. The lowest BCUT2D eigenvalue weighted by atomic mass is 10.1. The Labute approximate surface area is 166 Å². The molecule has 4 N–H and O–H groups in total. The molecule has 0 fully saturated rings. The maximum absolute atomic E-state index is 12.3. The fourth-order valence-corrected chi connectivity index (χ4v) is 4.69. The molecule has 1 heterocycles. The highest BCUT2D eigenvalue weighted by Gasteiger charge is 2.20. The normalized spacial score (nSPS) is 11.7. The molecular formula is C18H22N4O3S2. The zero-order chi connectivity index (χ0) is 20.1. The van der Waals surface area contributed by atoms with Crippen LogP contribution in [0.3, 0.4) is 0 Å². The second-order valence-corrected chi connectivity index (χ2v) is 8.82. The standard InChI is InChI=1S/C18H22N4O3S2/c1-9-5-6-13(10(2)7-9)21-17(25)22-16(24)12(4)26-18-20-11(3)14(27-18)8-15(19)23/h5-7,12H,8H2,1-4H3,(H2,19,23)(H2,21,22,24,25). The van der Waals surface area contributed by atoms with Crippen LogP contribution in [0.2, 0.25) is 0 Å². The van der Waals surface area contributed by atoms with E-state index in [1.165, 1.54) is 23.1 Å². The average molecular weight is 407 g/mol. The molecule has 0 saturated carbocycles. The van der Waals surface area contributed by atoms with Gasteiger partial charge >= 0.3 is 6.03 Å². The van der Waals surface area contributed by atoms with Crippen molar-refractivity contribution in [3.8, 4) is 0 Å². The molecule has 27 heavy (non-hydrogen) atoms. The van der Waals surface area contributed by atoms with Gasteiger partial charge in [0.1, 0.15) is 0 Å². The predicted molar refractivity (Wildman–Crippen MR) is 108 cm³/mol. The van der Waals surface area contributed by atoms with E-state index in [9.17, 15) is 14.4 Å². The SMILES string of the molecule is Cc1ccc(NC(=O)NC(=O)C(C)Sc2nc(C)c(CC(N)=O)s2)c(C)c1. The number of carbonyl (C=O) groups is 3. The number of carbonyl (C=O) groups excluding carboxylic acids is 3. The Balaban J connectivity index is 1.93. The van der Waals surface area contributed by atoms with Gasteiger partial charge in [0.25, 0.3) is 0 Å². The third kappa shape index (κ3) is 6.07. The van der Waals surface area contributed by atoms with Crippen LogP contribution in [0.25, 0.3) is 0 Å². The number of primary amides is 1. The van der Waals surface area contributed by atoms with Gasteiger partial charge in [0.15, 0.2) is 4.34 Å². The van der Waals surface area contributed by atoms with E-state index < -0.39 is 23.1 Å². The van der Waals surface area contributed by atoms with E-state index in [-0.39, 0.29) is 6.42 Å². The molecule has 2 rings (SSSR count). The van der Waals surface area contributed by atoms with Crippen molar-refractivity contribution in [1.29, 1.82) is 0 Å². The number of thioether (sulfide) groups is 1. The molecule has 4 amide bonds. The number of nitrogens with zero attached hydrogens (tertiary/aromatic N) is 1. The molecule has 1 atom stereocenters. The molecule has 1 aromatic carbocycles. The largest absolute Gasteiger partial charge is 0.369 e. The Hall–Kier alpha value is -2.39. The number of thiazole rings is 1. The van der Waals surface area contributed by atoms with Crippen LogP contribution < -0.4 is 16.4 Å². The number of nitrogens with two attached hydrogens (primary N) is 1. The number of hydrogen-bond donors (Lipinski definition) is 3. The summed E-state index contributed by atoms with van der Waals surface area (Å²) in [5, 5.41) is 4.49. The van der Waals surface area contributed by atoms with Gasteiger partial charge in [0.05, 0.1) is 17.4 Å². The molecule has 0 aliphatic rings. The van der Waals surface area contributed by atoms with Gasteiger partial charge in [-0.3, -0.25) is 14.9 Å². The van der Waals surface area contributed by atoms with E-state index in [1.54, 1.807) is 19.9 Å². The molecule has 0 bridgehead atoms. The summed E-state index contributed by atoms with van der Waals surface area (Å²) >= 11 is 2.56. The van der Waals surface area contributed by atoms with Crippen molar-refractivity contribution in [3.05, 3.63) is 39.9 Å². The van der Waals surface area contributed by atoms with Gasteiger partial charge in [0.2, 0.25) is 11.8 Å². The molecule has 0 spiro atoms. The first-order valence-electron chi connectivity index (χ1n) is 8.26. The van der Waals surface area contributed by atoms with Crippen LogP contribution in [0.15, 0.2) is 22.5 Å². The Morgan fingerprint density at radius 1 is 1.26 bits per heavy atom. The van der Waals surface area contributed by atoms with Crippen molar-refractivity contribution < 1.29 is 14.4 Å². The molecule has 0 aliphatic heterocycles. The minimum Gasteiger partial charge on any atom is -0.369 e. The number of amides is 4. The molecule has 0 aliphatic carbocycles. The molecule has 1 aromatic heterocycles. The first-order valence-corrected chi connectivity index (χ1v) is 9.95. The molecule has 2 aromatic rings. The molecule has 0 saturated heterocycles. The summed E-state index contributed by atoms with van der Waals surface area (Å²) in [5.74, 6) is -0.848. The van der Waals surface area contributed by atoms with Crippen molar-refractivity contribution in [2.24, 2.45) is 5.73 Å². The van der Waals surface area contributed by atoms with Crippen LogP contribution in [0.4, 0.5) is 10.5 Å². The molecule has 144 valence electrons. The predicted octanol–water partition coefficient (Wildman–Crippen LogP) is 2.93. The summed E-state index contributed by atoms with van der Waals surface area (Å²) in [7, 11) is 0. The molecule has 0 radical (unpaired) electrons. The number of hydrogen-bond acceptors (Lipinski definition) is 6. The number of urea groups is 1. The second-order valence-electron chi connectivity index (χ2n) is 6.15. The number of imide groups is 1. The second kappa shape index (κ2) is 9.01. The van der Waals surface area contributed by atoms with Gasteiger partial charge in [-0.15, -0.1) is 11.3 Å². The summed E-state index contributed by atoms with van der Waals surface area (Å²) in [5.41, 5.74) is 8.60. The van der Waals surface area contributed by atoms with Crippen LogP contribution in [0, 0.1) is 20.8 Å². The number of aromatic nitrogens is 1. The van der Waals surface area contributed by atoms with Crippen molar-refractivity contribution in [3.63, 3.8) is 0 Å². The van der Waals surface area contributed by atoms with Gasteiger partial charge in [-0.25, -0.2) is 9.78 Å². The summed E-state index contributed by atoms with van der Waals surface area (Å²) in [6, 6.07) is 5.05. The first kappa shape index (κ1) is 20.9. The van der Waals surface area contributed by atoms with E-state index in [4.69, 9.17) is 5.73 Å². The smallest absolute Gasteiger partial charge is 0.325 e. The number of nitrogens with one attached hydrogen (secondary N) is 2. The summed E-state index contributed by atoms with van der Waals surface area (Å²) in [6.45, 7) is 7.33. The lowest BCUT2D eigenvalue weighted by molar-refractivity contribution is -0.119. The van der Waals surface area contributed by atoms with E-state index >= 15 is 0 Å². The highest BCUT2D eigenvalue weighted by Crippen LogP contribution is 2.30. The Morgan fingerprint density at radius 2 is 1.96 bits per heavy atom. The number of benzene rings is 1. The topological polar surface area (TPSA) is 114 Å². The van der Waals surface area contributed by atoms with Crippen molar-refractivity contribution >= 4 is 46.6 Å². The van der Waals surface area contributed by atoms with Crippen LogP contribution in [-0.2, 0) is 16.0 Å². The van der Waals surface area contributed by atoms with E-state index in [0.29, 0.717) is 10.0 Å². The highest BCUT2D eigenvalue weighted by atomic mass is 32.2. The van der Waals surface area contributed by atoms with Crippen molar-refractivity contribution in [2.45, 2.75) is 43.7 Å². The monoisotopic (exact) mass is 406 g/mol. The molecule has 7 nitrogen and oxygen atoms in total. The van der Waals surface area contributed by atoms with Gasteiger partial charge in [0, 0.05) is 10.6 Å². The highest BCUT2D eigenvalue weighted by molar-refractivity contribution is 8.02. The Morgan fingerprint density at radius 3 is 2.59 bits per heavy atom. The third-order valence-electron chi connectivity index (χ3n) is 3.72. The van der Waals surface area contributed by atoms with Crippen molar-refractivity contribution in [1.82, 2.24) is 10.3 Å². The molecule has 1 unspecified atom stereocenters. The Bertz CT molecular complexity index is 879. The Kier molecular flexibility index (Phi) is 6.98. The van der Waals surface area contributed by atoms with Crippen molar-refractivity contribution in [2.75, 3.05) is 5.32 Å². The lowest BCUT2D eigenvalue weighted by Gasteiger charge is -2.12. The first-order chi connectivity index (χ1) is 12.7. The summed E-state index contributed by atoms with van der Waals surface area (Å²) in [4.78, 5) is 40.5. The number of rotatable bonds is 6. The number of aryl methyl sites for hydroxylation is 3. The van der Waals surface area contributed by atoms with Gasteiger partial charge in [-0.2, -0.15) is 0 Å². The lowest BCUT2D eigenvalue weighted by Crippen LogP contribution is -2.39. The zero-order valence-corrected chi connectivity index (χ0v) is 17.2. The maximum Gasteiger partial charge on any atom is 0.325 e. The van der Waals surface area contributed by atoms with E-state index in [2.05, 4.69) is 15.6 Å². The van der Waals surface area contributed by atoms with Crippen LogP contribution in [-0.4, -0.2) is 28.1 Å². The number of anilines is 1. The minimum absolute atomic E-state index is 0.128. The zero-order valence-electron chi connectivity index (χ0n) is 15.6. The van der Waals surface area contributed by atoms with Crippen LogP contribution >= 0.6 is 23.1 Å². The third-order valence-corrected chi connectivity index (χ3v) is 6.07. The molecule has 9 heteroatoms. The van der Waals surface area contributed by atoms with Gasteiger partial charge in [-0.05, 0) is 39.3 Å². The molecular weight excluding hydrogens is 384 g/mol. The van der Waals surface area contributed by atoms with E-state index in [1.807, 2.05) is 26.0 Å². The van der Waals surface area contributed by atoms with Crippen LogP contribution in [0.1, 0.15) is 28.6 Å². The average Bonchev–Trinajstić information content (AvgIpc) is 2.88.